The van der Waals surface area contributed by atoms with Crippen molar-refractivity contribution in [3.63, 3.8) is 0 Å². The fourth-order valence-corrected chi connectivity index (χ4v) is 6.53. The smallest absolute Gasteiger partial charge is 0.0424 e. The Morgan fingerprint density at radius 2 is 1.38 bits per heavy atom. The van der Waals surface area contributed by atoms with Crippen molar-refractivity contribution in [1.82, 2.24) is 0 Å². The topological polar surface area (TPSA) is 0 Å². The van der Waals surface area contributed by atoms with E-state index in [0.717, 1.165) is 11.1 Å². The minimum atomic E-state index is -0.440. The average molecular weight is 200 g/mol. The van der Waals surface area contributed by atoms with E-state index in [1.807, 2.05) is 0 Å². The second-order valence-corrected chi connectivity index (χ2v) is 8.76. The van der Waals surface area contributed by atoms with Gasteiger partial charge in [-0.15, -0.1) is 0 Å². The maximum atomic E-state index is 2.48. The van der Waals surface area contributed by atoms with Crippen LogP contribution in [0.5, 0.6) is 0 Å². The van der Waals surface area contributed by atoms with Crippen LogP contribution < -0.4 is 0 Å². The highest BCUT2D eigenvalue weighted by Gasteiger charge is 2.21. The molecule has 0 aliphatic carbocycles. The van der Waals surface area contributed by atoms with E-state index >= 15 is 0 Å². The van der Waals surface area contributed by atoms with E-state index in [4.69, 9.17) is 0 Å². The molecule has 0 heterocycles. The van der Waals surface area contributed by atoms with Gasteiger partial charge in [0.05, 0.1) is 0 Å². The monoisotopic (exact) mass is 200 g/mol. The van der Waals surface area contributed by atoms with E-state index < -0.39 is 8.80 Å². The fraction of sp³-hybridized carbons (Fsp3) is 1.00. The normalized spacial score (nSPS) is 18.2. The van der Waals surface area contributed by atoms with Crippen LogP contribution in [0.15, 0.2) is 0 Å². The summed E-state index contributed by atoms with van der Waals surface area (Å²) in [6, 6.07) is 1.58. The van der Waals surface area contributed by atoms with Gasteiger partial charge in [0.15, 0.2) is 0 Å². The van der Waals surface area contributed by atoms with Crippen molar-refractivity contribution in [2.45, 2.75) is 77.4 Å². The van der Waals surface area contributed by atoms with Crippen molar-refractivity contribution < 1.29 is 0 Å². The Labute approximate surface area is 86.7 Å². The first kappa shape index (κ1) is 13.2. The predicted molar refractivity (Wildman–Crippen MR) is 66.3 cm³/mol. The fourth-order valence-electron chi connectivity index (χ4n) is 2.18. The first-order valence-corrected chi connectivity index (χ1v) is 8.32. The van der Waals surface area contributed by atoms with Crippen molar-refractivity contribution in [2.24, 2.45) is 0 Å². The molecule has 0 fully saturated rings. The van der Waals surface area contributed by atoms with Gasteiger partial charge in [-0.05, 0) is 0 Å². The molecule has 0 aliphatic heterocycles. The molecule has 0 saturated carbocycles. The average Bonchev–Trinajstić information content (AvgIpc) is 2.17. The summed E-state index contributed by atoms with van der Waals surface area (Å²) in [7, 11) is -0.440. The van der Waals surface area contributed by atoms with Gasteiger partial charge in [0.2, 0.25) is 0 Å². The lowest BCUT2D eigenvalue weighted by molar-refractivity contribution is 0.752. The zero-order chi connectivity index (χ0) is 10.3. The van der Waals surface area contributed by atoms with Crippen LogP contribution in [0.4, 0.5) is 0 Å². The van der Waals surface area contributed by atoms with E-state index in [2.05, 4.69) is 34.6 Å². The molecule has 0 aromatic carbocycles. The Kier molecular flexibility index (Phi) is 7.73. The molecule has 2 unspecified atom stereocenters. The third-order valence-electron chi connectivity index (χ3n) is 3.64. The largest absolute Gasteiger partial charge is 0.0654 e. The summed E-state index contributed by atoms with van der Waals surface area (Å²) in [4.78, 5) is 0. The number of hydrogen-bond donors (Lipinski definition) is 0. The van der Waals surface area contributed by atoms with Crippen LogP contribution in [0.1, 0.15) is 60.3 Å². The summed E-state index contributed by atoms with van der Waals surface area (Å²) in [5, 5.41) is 0. The van der Waals surface area contributed by atoms with Gasteiger partial charge in [-0.2, -0.15) is 0 Å². The summed E-state index contributed by atoms with van der Waals surface area (Å²) in [6.45, 7) is 12.0. The van der Waals surface area contributed by atoms with E-state index in [9.17, 15) is 0 Å². The standard InChI is InChI=1S/C12H28Si/c1-6-9-10-13(11(4)7-2)12(5)8-3/h11-13H,6-10H2,1-5H3. The van der Waals surface area contributed by atoms with Gasteiger partial charge in [0, 0.05) is 8.80 Å². The molecule has 0 radical (unpaired) electrons. The number of hydrogen-bond acceptors (Lipinski definition) is 0. The second-order valence-electron chi connectivity index (χ2n) is 4.58. The highest BCUT2D eigenvalue weighted by Crippen LogP contribution is 2.30. The summed E-state index contributed by atoms with van der Waals surface area (Å²) < 4.78 is 0. The molecule has 0 aromatic heterocycles. The molecule has 0 N–H and O–H groups in total. The van der Waals surface area contributed by atoms with E-state index in [1.54, 1.807) is 6.04 Å². The quantitative estimate of drug-likeness (QED) is 0.526. The minimum Gasteiger partial charge on any atom is -0.0654 e. The molecule has 0 nitrogen and oxygen atoms in total. The Bertz CT molecular complexity index is 102. The van der Waals surface area contributed by atoms with Gasteiger partial charge in [-0.1, -0.05) is 77.4 Å². The first-order valence-electron chi connectivity index (χ1n) is 6.17. The van der Waals surface area contributed by atoms with Crippen LogP contribution >= 0.6 is 0 Å². The van der Waals surface area contributed by atoms with Crippen LogP contribution in [0, 0.1) is 0 Å². The zero-order valence-corrected chi connectivity index (χ0v) is 11.4. The third kappa shape index (κ3) is 4.85. The molecule has 0 spiro atoms. The van der Waals surface area contributed by atoms with Gasteiger partial charge in [-0.3, -0.25) is 0 Å². The van der Waals surface area contributed by atoms with Crippen LogP contribution in [-0.2, 0) is 0 Å². The molecule has 0 amide bonds. The number of rotatable bonds is 7. The summed E-state index contributed by atoms with van der Waals surface area (Å²) in [5.41, 5.74) is 2.11. The van der Waals surface area contributed by atoms with Crippen molar-refractivity contribution in [3.05, 3.63) is 0 Å². The van der Waals surface area contributed by atoms with E-state index in [-0.39, 0.29) is 0 Å². The maximum Gasteiger partial charge on any atom is 0.0424 e. The molecule has 1 heteroatoms. The van der Waals surface area contributed by atoms with Gasteiger partial charge in [-0.25, -0.2) is 0 Å². The van der Waals surface area contributed by atoms with Gasteiger partial charge in [0.25, 0.3) is 0 Å². The maximum absolute atomic E-state index is 2.48. The molecular weight excluding hydrogens is 172 g/mol. The molecule has 0 aliphatic rings. The molecule has 13 heavy (non-hydrogen) atoms. The Morgan fingerprint density at radius 3 is 1.69 bits per heavy atom. The van der Waals surface area contributed by atoms with Crippen molar-refractivity contribution in [3.8, 4) is 0 Å². The van der Waals surface area contributed by atoms with Gasteiger partial charge in [0.1, 0.15) is 0 Å². The van der Waals surface area contributed by atoms with Crippen molar-refractivity contribution in [1.29, 1.82) is 0 Å². The van der Waals surface area contributed by atoms with Gasteiger partial charge >= 0.3 is 0 Å². The SMILES string of the molecule is CCCC[SiH](C(C)CC)C(C)CC. The zero-order valence-electron chi connectivity index (χ0n) is 10.3. The molecular formula is C12H28Si. The third-order valence-corrected chi connectivity index (χ3v) is 8.58. The Balaban J connectivity index is 4.01. The minimum absolute atomic E-state index is 0.440. The number of unbranched alkanes of at least 4 members (excludes halogenated alkanes) is 1. The van der Waals surface area contributed by atoms with E-state index in [1.165, 1.54) is 25.7 Å². The molecule has 0 rings (SSSR count). The second kappa shape index (κ2) is 7.60. The molecule has 0 aromatic rings. The Morgan fingerprint density at radius 1 is 0.923 bits per heavy atom. The Hall–Kier alpha value is 0.217. The lowest BCUT2D eigenvalue weighted by Crippen LogP contribution is -2.23. The molecule has 80 valence electrons. The van der Waals surface area contributed by atoms with Crippen LogP contribution in [0.3, 0.4) is 0 Å². The molecule has 2 atom stereocenters. The van der Waals surface area contributed by atoms with Crippen molar-refractivity contribution in [2.75, 3.05) is 0 Å². The lowest BCUT2D eigenvalue weighted by atomic mass is 10.3. The lowest BCUT2D eigenvalue weighted by Gasteiger charge is -2.26. The van der Waals surface area contributed by atoms with Crippen molar-refractivity contribution >= 4 is 8.80 Å². The first-order chi connectivity index (χ1) is 6.17. The summed E-state index contributed by atoms with van der Waals surface area (Å²) in [5.74, 6) is 0. The van der Waals surface area contributed by atoms with Crippen LogP contribution in [0.2, 0.25) is 17.1 Å². The predicted octanol–water partition coefficient (Wildman–Crippen LogP) is 4.61. The van der Waals surface area contributed by atoms with Crippen LogP contribution in [0.25, 0.3) is 0 Å². The molecule has 0 bridgehead atoms. The molecule has 0 saturated heterocycles. The van der Waals surface area contributed by atoms with Crippen LogP contribution in [-0.4, -0.2) is 8.80 Å². The highest BCUT2D eigenvalue weighted by molar-refractivity contribution is 6.61. The summed E-state index contributed by atoms with van der Waals surface area (Å²) in [6.07, 6.45) is 5.68. The van der Waals surface area contributed by atoms with E-state index in [0.29, 0.717) is 0 Å². The van der Waals surface area contributed by atoms with Gasteiger partial charge < -0.3 is 0 Å². The summed E-state index contributed by atoms with van der Waals surface area (Å²) >= 11 is 0. The highest BCUT2D eigenvalue weighted by atomic mass is 28.3.